The van der Waals surface area contributed by atoms with Crippen LogP contribution < -0.4 is 4.74 Å². The SMILES string of the molecule is COc1ccc2c(C)c(C(=O)c3ccccc3Br)oc2c1. The summed E-state index contributed by atoms with van der Waals surface area (Å²) in [5.41, 5.74) is 2.09. The predicted octanol–water partition coefficient (Wildman–Crippen LogP) is 4.74. The average Bonchev–Trinajstić information content (AvgIpc) is 2.83. The number of aryl methyl sites for hydroxylation is 1. The van der Waals surface area contributed by atoms with E-state index in [0.29, 0.717) is 22.7 Å². The van der Waals surface area contributed by atoms with Gasteiger partial charge in [0.15, 0.2) is 5.76 Å². The molecule has 3 nitrogen and oxygen atoms in total. The van der Waals surface area contributed by atoms with E-state index in [1.54, 1.807) is 19.2 Å². The van der Waals surface area contributed by atoms with Crippen LogP contribution in [-0.2, 0) is 0 Å². The van der Waals surface area contributed by atoms with Crippen molar-refractivity contribution >= 4 is 32.7 Å². The highest BCUT2D eigenvalue weighted by atomic mass is 79.9. The van der Waals surface area contributed by atoms with Crippen molar-refractivity contribution in [2.45, 2.75) is 6.92 Å². The second kappa shape index (κ2) is 5.37. The molecule has 0 bridgehead atoms. The summed E-state index contributed by atoms with van der Waals surface area (Å²) in [6.07, 6.45) is 0. The second-order valence-electron chi connectivity index (χ2n) is 4.73. The summed E-state index contributed by atoms with van der Waals surface area (Å²) in [5.74, 6) is 0.941. The summed E-state index contributed by atoms with van der Waals surface area (Å²) in [6.45, 7) is 1.89. The van der Waals surface area contributed by atoms with Crippen LogP contribution in [0.3, 0.4) is 0 Å². The first-order chi connectivity index (χ1) is 10.1. The van der Waals surface area contributed by atoms with Gasteiger partial charge in [0, 0.05) is 27.1 Å². The van der Waals surface area contributed by atoms with Gasteiger partial charge in [-0.3, -0.25) is 4.79 Å². The maximum absolute atomic E-state index is 12.7. The van der Waals surface area contributed by atoms with E-state index in [4.69, 9.17) is 9.15 Å². The largest absolute Gasteiger partial charge is 0.497 e. The lowest BCUT2D eigenvalue weighted by atomic mass is 10.0. The molecule has 0 aliphatic heterocycles. The van der Waals surface area contributed by atoms with Crippen LogP contribution in [0.1, 0.15) is 21.7 Å². The van der Waals surface area contributed by atoms with Crippen LogP contribution in [0.2, 0.25) is 0 Å². The standard InChI is InChI=1S/C17H13BrO3/c1-10-12-8-7-11(20-2)9-15(12)21-17(10)16(19)13-5-3-4-6-14(13)18/h3-9H,1-2H3. The Labute approximate surface area is 130 Å². The quantitative estimate of drug-likeness (QED) is 0.644. The minimum Gasteiger partial charge on any atom is -0.497 e. The van der Waals surface area contributed by atoms with Crippen LogP contribution in [0, 0.1) is 6.92 Å². The normalized spacial score (nSPS) is 10.8. The third-order valence-corrected chi connectivity index (χ3v) is 4.16. The van der Waals surface area contributed by atoms with Gasteiger partial charge < -0.3 is 9.15 Å². The number of methoxy groups -OCH3 is 1. The Hall–Kier alpha value is -2.07. The fourth-order valence-electron chi connectivity index (χ4n) is 2.32. The molecule has 1 aromatic heterocycles. The number of ether oxygens (including phenoxy) is 1. The Kier molecular flexibility index (Phi) is 3.55. The lowest BCUT2D eigenvalue weighted by Gasteiger charge is -2.01. The second-order valence-corrected chi connectivity index (χ2v) is 5.58. The number of ketones is 1. The molecular weight excluding hydrogens is 332 g/mol. The van der Waals surface area contributed by atoms with E-state index in [2.05, 4.69) is 15.9 Å². The van der Waals surface area contributed by atoms with Gasteiger partial charge >= 0.3 is 0 Å². The monoisotopic (exact) mass is 344 g/mol. The molecular formula is C17H13BrO3. The number of rotatable bonds is 3. The first kappa shape index (κ1) is 13.9. The van der Waals surface area contributed by atoms with Crippen molar-refractivity contribution < 1.29 is 13.9 Å². The molecule has 4 heteroatoms. The maximum atomic E-state index is 12.7. The third kappa shape index (κ3) is 2.36. The van der Waals surface area contributed by atoms with E-state index in [0.717, 1.165) is 15.4 Å². The minimum atomic E-state index is -0.129. The van der Waals surface area contributed by atoms with E-state index in [1.807, 2.05) is 37.3 Å². The van der Waals surface area contributed by atoms with Crippen molar-refractivity contribution in [1.29, 1.82) is 0 Å². The zero-order valence-corrected chi connectivity index (χ0v) is 13.2. The minimum absolute atomic E-state index is 0.129. The molecule has 1 heterocycles. The number of benzene rings is 2. The lowest BCUT2D eigenvalue weighted by molar-refractivity contribution is 0.101. The molecule has 2 aromatic carbocycles. The van der Waals surface area contributed by atoms with Crippen molar-refractivity contribution in [3.63, 3.8) is 0 Å². The molecule has 0 radical (unpaired) electrons. The topological polar surface area (TPSA) is 39.4 Å². The van der Waals surface area contributed by atoms with Gasteiger partial charge in [-0.25, -0.2) is 0 Å². The van der Waals surface area contributed by atoms with Crippen LogP contribution >= 0.6 is 15.9 Å². The summed E-state index contributed by atoms with van der Waals surface area (Å²) >= 11 is 3.40. The summed E-state index contributed by atoms with van der Waals surface area (Å²) in [4.78, 5) is 12.7. The molecule has 0 spiro atoms. The van der Waals surface area contributed by atoms with Gasteiger partial charge in [0.05, 0.1) is 7.11 Å². The average molecular weight is 345 g/mol. The highest BCUT2D eigenvalue weighted by Crippen LogP contribution is 2.31. The number of carbonyl (C=O) groups is 1. The molecule has 0 saturated heterocycles. The Balaban J connectivity index is 2.14. The molecule has 106 valence electrons. The van der Waals surface area contributed by atoms with Crippen molar-refractivity contribution in [3.05, 3.63) is 63.8 Å². The first-order valence-electron chi connectivity index (χ1n) is 6.48. The Bertz CT molecular complexity index is 833. The molecule has 0 N–H and O–H groups in total. The number of halogens is 1. The zero-order chi connectivity index (χ0) is 15.0. The van der Waals surface area contributed by atoms with E-state index in [9.17, 15) is 4.79 Å². The number of hydrogen-bond acceptors (Lipinski definition) is 3. The number of carbonyl (C=O) groups excluding carboxylic acids is 1. The summed E-state index contributed by atoms with van der Waals surface area (Å²) in [7, 11) is 1.60. The van der Waals surface area contributed by atoms with Gasteiger partial charge in [-0.05, 0) is 31.2 Å². The number of furan rings is 1. The van der Waals surface area contributed by atoms with Crippen molar-refractivity contribution in [1.82, 2.24) is 0 Å². The molecule has 0 unspecified atom stereocenters. The Morgan fingerprint density at radius 3 is 2.67 bits per heavy atom. The molecule has 0 amide bonds. The summed E-state index contributed by atoms with van der Waals surface area (Å²) < 4.78 is 11.7. The van der Waals surface area contributed by atoms with Gasteiger partial charge in [-0.2, -0.15) is 0 Å². The smallest absolute Gasteiger partial charge is 0.229 e. The van der Waals surface area contributed by atoms with Gasteiger partial charge in [-0.1, -0.05) is 28.1 Å². The van der Waals surface area contributed by atoms with Crippen LogP contribution in [0.15, 0.2) is 51.4 Å². The summed E-state index contributed by atoms with van der Waals surface area (Å²) in [5, 5.41) is 0.922. The molecule has 21 heavy (non-hydrogen) atoms. The molecule has 3 rings (SSSR count). The Morgan fingerprint density at radius 2 is 1.95 bits per heavy atom. The van der Waals surface area contributed by atoms with Crippen LogP contribution in [0.5, 0.6) is 5.75 Å². The van der Waals surface area contributed by atoms with E-state index >= 15 is 0 Å². The van der Waals surface area contributed by atoms with Crippen LogP contribution in [0.25, 0.3) is 11.0 Å². The van der Waals surface area contributed by atoms with E-state index in [1.165, 1.54) is 0 Å². The molecule has 3 aromatic rings. The summed E-state index contributed by atoms with van der Waals surface area (Å²) in [6, 6.07) is 12.9. The van der Waals surface area contributed by atoms with Gasteiger partial charge in [0.2, 0.25) is 5.78 Å². The molecule has 0 atom stereocenters. The van der Waals surface area contributed by atoms with E-state index < -0.39 is 0 Å². The van der Waals surface area contributed by atoms with Gasteiger partial charge in [0.1, 0.15) is 11.3 Å². The highest BCUT2D eigenvalue weighted by Gasteiger charge is 2.21. The van der Waals surface area contributed by atoms with Crippen molar-refractivity contribution in [2.24, 2.45) is 0 Å². The molecule has 0 aliphatic rings. The fraction of sp³-hybridized carbons (Fsp3) is 0.118. The van der Waals surface area contributed by atoms with Crippen molar-refractivity contribution in [3.8, 4) is 5.75 Å². The molecule has 0 aliphatic carbocycles. The zero-order valence-electron chi connectivity index (χ0n) is 11.6. The highest BCUT2D eigenvalue weighted by molar-refractivity contribution is 9.10. The van der Waals surface area contributed by atoms with Crippen LogP contribution in [-0.4, -0.2) is 12.9 Å². The predicted molar refractivity (Wildman–Crippen MR) is 85.1 cm³/mol. The van der Waals surface area contributed by atoms with E-state index in [-0.39, 0.29) is 5.78 Å². The van der Waals surface area contributed by atoms with Gasteiger partial charge in [0.25, 0.3) is 0 Å². The number of hydrogen-bond donors (Lipinski definition) is 0. The lowest BCUT2D eigenvalue weighted by Crippen LogP contribution is -2.02. The van der Waals surface area contributed by atoms with Crippen molar-refractivity contribution in [2.75, 3.05) is 7.11 Å². The first-order valence-corrected chi connectivity index (χ1v) is 7.27. The number of fused-ring (bicyclic) bond motifs is 1. The molecule has 0 fully saturated rings. The van der Waals surface area contributed by atoms with Crippen LogP contribution in [0.4, 0.5) is 0 Å². The third-order valence-electron chi connectivity index (χ3n) is 3.47. The maximum Gasteiger partial charge on any atom is 0.229 e. The van der Waals surface area contributed by atoms with Gasteiger partial charge in [-0.15, -0.1) is 0 Å². The Morgan fingerprint density at radius 1 is 1.19 bits per heavy atom. The fourth-order valence-corrected chi connectivity index (χ4v) is 2.78. The molecule has 0 saturated carbocycles.